The minimum atomic E-state index is -0.0716. The molecule has 0 aliphatic heterocycles. The third-order valence-corrected chi connectivity index (χ3v) is 3.46. The summed E-state index contributed by atoms with van der Waals surface area (Å²) in [5, 5.41) is 0. The van der Waals surface area contributed by atoms with Gasteiger partial charge in [-0.05, 0) is 45.1 Å². The van der Waals surface area contributed by atoms with Gasteiger partial charge in [0, 0.05) is 0 Å². The molecule has 16 heavy (non-hydrogen) atoms. The van der Waals surface area contributed by atoms with Crippen molar-refractivity contribution in [1.82, 2.24) is 4.57 Å². The number of hydrogen-bond acceptors (Lipinski definition) is 3. The lowest BCUT2D eigenvalue weighted by Gasteiger charge is -2.10. The Bertz CT molecular complexity index is 585. The molecule has 2 nitrogen and oxygen atoms in total. The van der Waals surface area contributed by atoms with Crippen LogP contribution in [0.3, 0.4) is 0 Å². The van der Waals surface area contributed by atoms with Gasteiger partial charge in [-0.1, -0.05) is 12.1 Å². The molecule has 1 aromatic heterocycles. The quantitative estimate of drug-likeness (QED) is 0.423. The Balaban J connectivity index is 2.56. The van der Waals surface area contributed by atoms with Gasteiger partial charge in [-0.2, -0.15) is 0 Å². The Morgan fingerprint density at radius 2 is 2.00 bits per heavy atom. The first-order chi connectivity index (χ1) is 7.47. The number of fused-ring (bicyclic) bond motifs is 1. The third-order valence-electron chi connectivity index (χ3n) is 2.08. The summed E-state index contributed by atoms with van der Waals surface area (Å²) >= 11 is 6.95. The molecule has 0 radical (unpaired) electrons. The summed E-state index contributed by atoms with van der Waals surface area (Å²) in [6.45, 7) is 6.21. The molecule has 0 spiro atoms. The van der Waals surface area contributed by atoms with Gasteiger partial charge in [-0.25, -0.2) is 0 Å². The second-order valence-corrected chi connectivity index (χ2v) is 6.30. The van der Waals surface area contributed by atoms with Gasteiger partial charge >= 0.3 is 0 Å². The average molecular weight is 250 g/mol. The van der Waals surface area contributed by atoms with E-state index in [1.165, 1.54) is 4.70 Å². The highest BCUT2D eigenvalue weighted by Gasteiger charge is 2.06. The monoisotopic (exact) mass is 250 g/mol. The number of nitrogens with zero attached hydrogens (tertiary/aromatic N) is 2. The molecule has 2 rings (SSSR count). The highest BCUT2D eigenvalue weighted by molar-refractivity contribution is 7.73. The summed E-state index contributed by atoms with van der Waals surface area (Å²) in [7, 11) is 0. The predicted molar refractivity (Wildman–Crippen MR) is 74.3 cm³/mol. The van der Waals surface area contributed by atoms with E-state index in [1.54, 1.807) is 11.3 Å². The van der Waals surface area contributed by atoms with Crippen molar-refractivity contribution in [1.29, 1.82) is 0 Å². The van der Waals surface area contributed by atoms with E-state index in [9.17, 15) is 0 Å². The van der Waals surface area contributed by atoms with Gasteiger partial charge in [-0.15, -0.1) is 11.3 Å². The first kappa shape index (κ1) is 11.5. The fourth-order valence-electron chi connectivity index (χ4n) is 1.32. The summed E-state index contributed by atoms with van der Waals surface area (Å²) < 4.78 is 4.02. The molecule has 0 saturated carbocycles. The van der Waals surface area contributed by atoms with Crippen LogP contribution in [0.15, 0.2) is 29.3 Å². The predicted octanol–water partition coefficient (Wildman–Crippen LogP) is 4.11. The molecule has 0 unspecified atom stereocenters. The van der Waals surface area contributed by atoms with Crippen molar-refractivity contribution >= 4 is 40.1 Å². The third kappa shape index (κ3) is 2.39. The number of rotatable bonds is 1. The first-order valence-electron chi connectivity index (χ1n) is 5.13. The molecule has 0 amide bonds. The molecule has 1 aromatic carbocycles. The Labute approximate surface area is 104 Å². The van der Waals surface area contributed by atoms with E-state index < -0.39 is 0 Å². The van der Waals surface area contributed by atoms with E-state index >= 15 is 0 Å². The summed E-state index contributed by atoms with van der Waals surface area (Å²) in [5.74, 6) is 0. The van der Waals surface area contributed by atoms with E-state index in [4.69, 9.17) is 12.2 Å². The van der Waals surface area contributed by atoms with Crippen molar-refractivity contribution in [2.75, 3.05) is 0 Å². The van der Waals surface area contributed by atoms with Gasteiger partial charge in [0.05, 0.1) is 22.1 Å². The van der Waals surface area contributed by atoms with Crippen molar-refractivity contribution in [2.24, 2.45) is 4.99 Å². The van der Waals surface area contributed by atoms with Crippen LogP contribution in [-0.4, -0.2) is 16.4 Å². The Kier molecular flexibility index (Phi) is 2.95. The molecule has 4 heteroatoms. The Morgan fingerprint density at radius 3 is 2.69 bits per heavy atom. The SMILES string of the molecule is CC(C)(C)N=Cn1c(=S)sc2ccccc21. The zero-order valence-electron chi connectivity index (χ0n) is 9.60. The molecule has 0 fully saturated rings. The second-order valence-electron chi connectivity index (χ2n) is 4.62. The highest BCUT2D eigenvalue weighted by atomic mass is 32.1. The summed E-state index contributed by atoms with van der Waals surface area (Å²) in [6, 6.07) is 8.19. The maximum atomic E-state index is 5.33. The second kappa shape index (κ2) is 4.11. The maximum absolute atomic E-state index is 5.33. The van der Waals surface area contributed by atoms with Crippen molar-refractivity contribution in [2.45, 2.75) is 26.3 Å². The van der Waals surface area contributed by atoms with E-state index in [1.807, 2.05) is 23.0 Å². The minimum Gasteiger partial charge on any atom is -0.282 e. The van der Waals surface area contributed by atoms with Crippen LogP contribution < -0.4 is 0 Å². The average Bonchev–Trinajstić information content (AvgIpc) is 2.49. The van der Waals surface area contributed by atoms with Gasteiger partial charge in [0.25, 0.3) is 0 Å². The van der Waals surface area contributed by atoms with Gasteiger partial charge in [0.1, 0.15) is 0 Å². The lowest BCUT2D eigenvalue weighted by atomic mass is 10.1. The van der Waals surface area contributed by atoms with E-state index in [2.05, 4.69) is 37.9 Å². The van der Waals surface area contributed by atoms with Crippen LogP contribution in [0.5, 0.6) is 0 Å². The maximum Gasteiger partial charge on any atom is 0.167 e. The largest absolute Gasteiger partial charge is 0.282 e. The molecule has 1 heterocycles. The van der Waals surface area contributed by atoms with Crippen LogP contribution in [0.1, 0.15) is 20.8 Å². The summed E-state index contributed by atoms with van der Waals surface area (Å²) in [5.41, 5.74) is 1.06. The van der Waals surface area contributed by atoms with Crippen molar-refractivity contribution in [3.8, 4) is 0 Å². The van der Waals surface area contributed by atoms with E-state index in [0.29, 0.717) is 0 Å². The first-order valence-corrected chi connectivity index (χ1v) is 6.35. The Morgan fingerprint density at radius 1 is 1.31 bits per heavy atom. The molecule has 0 bridgehead atoms. The standard InChI is InChI=1S/C12H14N2S2/c1-12(2,3)13-8-14-9-6-4-5-7-10(9)16-11(14)15/h4-8H,1-3H3. The van der Waals surface area contributed by atoms with Crippen LogP contribution in [-0.2, 0) is 0 Å². The zero-order chi connectivity index (χ0) is 11.8. The normalized spacial score (nSPS) is 12.7. The minimum absolute atomic E-state index is 0.0716. The molecule has 84 valence electrons. The van der Waals surface area contributed by atoms with Crippen LogP contribution in [0.25, 0.3) is 10.2 Å². The van der Waals surface area contributed by atoms with E-state index in [-0.39, 0.29) is 5.54 Å². The summed E-state index contributed by atoms with van der Waals surface area (Å²) in [6.07, 6.45) is 1.83. The molecule has 0 N–H and O–H groups in total. The zero-order valence-corrected chi connectivity index (χ0v) is 11.2. The molecule has 0 saturated heterocycles. The summed E-state index contributed by atoms with van der Waals surface area (Å²) in [4.78, 5) is 4.49. The number of aliphatic imine (C=N–C) groups is 1. The van der Waals surface area contributed by atoms with Crippen LogP contribution >= 0.6 is 23.6 Å². The highest BCUT2D eigenvalue weighted by Crippen LogP contribution is 2.21. The topological polar surface area (TPSA) is 17.3 Å². The van der Waals surface area contributed by atoms with Crippen LogP contribution in [0.2, 0.25) is 0 Å². The molecule has 0 aliphatic rings. The molecule has 0 atom stereocenters. The Hall–Kier alpha value is -1.00. The smallest absolute Gasteiger partial charge is 0.167 e. The number of hydrogen-bond donors (Lipinski definition) is 0. The lowest BCUT2D eigenvalue weighted by molar-refractivity contribution is 0.584. The number of thiazole rings is 1. The van der Waals surface area contributed by atoms with Crippen LogP contribution in [0, 0.1) is 3.95 Å². The fourth-order valence-corrected chi connectivity index (χ4v) is 2.59. The number of para-hydroxylation sites is 1. The fraction of sp³-hybridized carbons (Fsp3) is 0.333. The number of benzene rings is 1. The van der Waals surface area contributed by atoms with Gasteiger partial charge in [-0.3, -0.25) is 9.56 Å². The molecular formula is C12H14N2S2. The van der Waals surface area contributed by atoms with Crippen molar-refractivity contribution < 1.29 is 0 Å². The molecule has 2 aromatic rings. The molecule has 0 aliphatic carbocycles. The van der Waals surface area contributed by atoms with Crippen molar-refractivity contribution in [3.05, 3.63) is 28.2 Å². The van der Waals surface area contributed by atoms with E-state index in [0.717, 1.165) is 9.47 Å². The van der Waals surface area contributed by atoms with Gasteiger partial charge in [0.15, 0.2) is 3.95 Å². The lowest BCUT2D eigenvalue weighted by Crippen LogP contribution is -2.11. The van der Waals surface area contributed by atoms with Crippen LogP contribution in [0.4, 0.5) is 0 Å². The number of aromatic nitrogens is 1. The van der Waals surface area contributed by atoms with Gasteiger partial charge in [0.2, 0.25) is 0 Å². The van der Waals surface area contributed by atoms with Crippen molar-refractivity contribution in [3.63, 3.8) is 0 Å². The molecular weight excluding hydrogens is 236 g/mol. The van der Waals surface area contributed by atoms with Gasteiger partial charge < -0.3 is 0 Å².